The molecule has 2 saturated heterocycles. The molecule has 0 unspecified atom stereocenters. The van der Waals surface area contributed by atoms with E-state index in [9.17, 15) is 39.6 Å². The molecule has 1 saturated carbocycles. The molecule has 16 nitrogen and oxygen atoms in total. The third-order valence-electron chi connectivity index (χ3n) is 15.4. The standard InChI is InChI=1S/C50H63ClO16/c1-24-23-50-29(20-31(24)45(55)56)13-10-8-7-9-12-28-16-17-30-32(49(28,5)48(59)66-43(44(50)54)47(58)67-50)14-11-15-36(30)63-38-21-34(52)41(26(3)61-38)64-39-22-35(53)42(27(4)62-39)65-46(57)40-25(2)33(51)18-19-37(40)60-6/h10,13,16-20,24,26-30,32,34-36,38-39,41-42,52-54H,7-9,11-12,14-15,21-23H2,1-6H3,(H,55,56)/b13-10+/t24-,26-,27-,28-,29-,30+,32-,34-,35-,36+,38+,39+,41-,42-,49-,50+/m1/s1. The van der Waals surface area contributed by atoms with Gasteiger partial charge in [-0.05, 0) is 95.2 Å². The fraction of sp³-hybridized carbons (Fsp3) is 0.640. The van der Waals surface area contributed by atoms with Gasteiger partial charge in [0.25, 0.3) is 5.76 Å². The number of methoxy groups -OCH3 is 1. The molecule has 4 N–H and O–H groups in total. The molecule has 7 aliphatic rings. The Labute approximate surface area is 395 Å². The number of hydrogen-bond acceptors (Lipinski definition) is 15. The van der Waals surface area contributed by atoms with Crippen LogP contribution < -0.4 is 4.74 Å². The van der Waals surface area contributed by atoms with Gasteiger partial charge in [0.05, 0.1) is 43.0 Å². The Balaban J connectivity index is 0.931. The number of esters is 3. The molecular weight excluding hydrogens is 892 g/mol. The van der Waals surface area contributed by atoms with Crippen LogP contribution in [0.5, 0.6) is 5.75 Å². The van der Waals surface area contributed by atoms with Crippen molar-refractivity contribution in [3.05, 3.63) is 75.8 Å². The average molecular weight is 955 g/mol. The average Bonchev–Trinajstić information content (AvgIpc) is 3.50. The summed E-state index contributed by atoms with van der Waals surface area (Å²) in [6.45, 7) is 8.65. The fourth-order valence-corrected chi connectivity index (χ4v) is 11.9. The number of carboxylic acid groups (broad SMARTS) is 1. The van der Waals surface area contributed by atoms with E-state index in [0.29, 0.717) is 36.3 Å². The molecule has 67 heavy (non-hydrogen) atoms. The minimum atomic E-state index is -1.62. The first-order valence-electron chi connectivity index (χ1n) is 23.6. The second kappa shape index (κ2) is 19.6. The summed E-state index contributed by atoms with van der Waals surface area (Å²) in [6, 6.07) is 3.18. The second-order valence-corrected chi connectivity index (χ2v) is 20.0. The van der Waals surface area contributed by atoms with E-state index in [1.807, 2.05) is 13.0 Å². The molecule has 8 rings (SSSR count). The number of hydrogen-bond donors (Lipinski definition) is 4. The highest BCUT2D eigenvalue weighted by Gasteiger charge is 2.60. The molecule has 16 atom stereocenters. The number of benzene rings is 1. The number of carbonyl (C=O) groups excluding carboxylic acids is 3. The van der Waals surface area contributed by atoms with Crippen LogP contribution >= 0.6 is 11.6 Å². The summed E-state index contributed by atoms with van der Waals surface area (Å²) in [5.41, 5.74) is -1.98. The van der Waals surface area contributed by atoms with Crippen molar-refractivity contribution >= 4 is 35.5 Å². The highest BCUT2D eigenvalue weighted by atomic mass is 35.5. The summed E-state index contributed by atoms with van der Waals surface area (Å²) in [5.74, 6) is -6.40. The van der Waals surface area contributed by atoms with Crippen LogP contribution in [0.25, 0.3) is 0 Å². The Morgan fingerprint density at radius 1 is 0.896 bits per heavy atom. The number of ether oxygens (including phenoxy) is 8. The van der Waals surface area contributed by atoms with Gasteiger partial charge in [-0.3, -0.25) is 4.79 Å². The number of allylic oxidation sites excluding steroid dienone is 2. The Morgan fingerprint density at radius 2 is 1.60 bits per heavy atom. The van der Waals surface area contributed by atoms with Gasteiger partial charge in [0.15, 0.2) is 30.0 Å². The Bertz CT molecular complexity index is 2200. The van der Waals surface area contributed by atoms with Gasteiger partial charge in [0, 0.05) is 41.7 Å². The van der Waals surface area contributed by atoms with Crippen molar-refractivity contribution in [2.75, 3.05) is 7.11 Å². The minimum absolute atomic E-state index is 0.00709. The van der Waals surface area contributed by atoms with E-state index in [2.05, 4.69) is 12.2 Å². The molecule has 0 radical (unpaired) electrons. The lowest BCUT2D eigenvalue weighted by molar-refractivity contribution is -0.318. The molecule has 4 aliphatic heterocycles. The zero-order chi connectivity index (χ0) is 48.1. The number of rotatable bonds is 8. The number of aliphatic carboxylic acids is 1. The highest BCUT2D eigenvalue weighted by Crippen LogP contribution is 2.55. The summed E-state index contributed by atoms with van der Waals surface area (Å²) in [7, 11) is 1.43. The van der Waals surface area contributed by atoms with E-state index >= 15 is 0 Å². The van der Waals surface area contributed by atoms with Gasteiger partial charge in [-0.2, -0.15) is 0 Å². The highest BCUT2D eigenvalue weighted by molar-refractivity contribution is 6.32. The maximum Gasteiger partial charge on any atom is 0.379 e. The van der Waals surface area contributed by atoms with Gasteiger partial charge in [0.1, 0.15) is 17.4 Å². The van der Waals surface area contributed by atoms with Gasteiger partial charge in [-0.25, -0.2) is 14.4 Å². The first kappa shape index (κ1) is 49.1. The lowest BCUT2D eigenvalue weighted by Crippen LogP contribution is -2.56. The Morgan fingerprint density at radius 3 is 2.28 bits per heavy atom. The van der Waals surface area contributed by atoms with Crippen LogP contribution in [0, 0.1) is 41.9 Å². The lowest BCUT2D eigenvalue weighted by Gasteiger charge is -2.51. The van der Waals surface area contributed by atoms with Crippen molar-refractivity contribution in [2.24, 2.45) is 35.0 Å². The fourth-order valence-electron chi connectivity index (χ4n) is 11.7. The molecule has 3 aliphatic carbocycles. The van der Waals surface area contributed by atoms with Crippen molar-refractivity contribution in [1.82, 2.24) is 0 Å². The van der Waals surface area contributed by atoms with Crippen LogP contribution in [0.2, 0.25) is 5.02 Å². The summed E-state index contributed by atoms with van der Waals surface area (Å²) in [6.07, 6.45) is 6.63. The van der Waals surface area contributed by atoms with Gasteiger partial charge < -0.3 is 58.3 Å². The maximum absolute atomic E-state index is 14.7. The van der Waals surface area contributed by atoms with Crippen LogP contribution in [0.1, 0.15) is 108 Å². The predicted molar refractivity (Wildman–Crippen MR) is 238 cm³/mol. The minimum Gasteiger partial charge on any atom is -0.505 e. The van der Waals surface area contributed by atoms with E-state index in [1.165, 1.54) is 13.2 Å². The summed E-state index contributed by atoms with van der Waals surface area (Å²) in [5, 5.41) is 44.7. The van der Waals surface area contributed by atoms with Crippen LogP contribution in [0.3, 0.4) is 0 Å². The van der Waals surface area contributed by atoms with E-state index in [-0.39, 0.29) is 53.9 Å². The molecule has 2 bridgehead atoms. The smallest absolute Gasteiger partial charge is 0.379 e. The van der Waals surface area contributed by atoms with Crippen LogP contribution in [-0.4, -0.2) is 112 Å². The summed E-state index contributed by atoms with van der Waals surface area (Å²) < 4.78 is 48.3. The molecule has 1 spiro atoms. The predicted octanol–water partition coefficient (Wildman–Crippen LogP) is 6.96. The molecule has 17 heteroatoms. The van der Waals surface area contributed by atoms with E-state index in [0.717, 1.165) is 19.3 Å². The van der Waals surface area contributed by atoms with E-state index < -0.39 is 114 Å². The number of fused-ring (bicyclic) bond motifs is 3. The molecule has 366 valence electrons. The SMILES string of the molecule is COc1ccc(Cl)c(C)c1C(=O)O[C@H]1[C@H](O)C[C@H](O[C@H]2[C@H](O)C[C@H](O[C@H]3CCC[C@@H]4[C@@H]3C=C[C@H]3CCCC/C=C/[C@@H]5C=C(C(=O)O)[C@H](C)C[C@]56OC(=O)C(=C6O)OC(=O)[C@@]43C)O[C@@H]2C)O[C@@H]1C. The van der Waals surface area contributed by atoms with E-state index in [4.69, 9.17) is 49.5 Å². The topological polar surface area (TPSA) is 223 Å². The first-order valence-corrected chi connectivity index (χ1v) is 24.0. The number of aliphatic hydroxyl groups excluding tert-OH is 3. The largest absolute Gasteiger partial charge is 0.505 e. The first-order chi connectivity index (χ1) is 31.9. The summed E-state index contributed by atoms with van der Waals surface area (Å²) in [4.78, 5) is 53.8. The van der Waals surface area contributed by atoms with Crippen molar-refractivity contribution in [3.8, 4) is 5.75 Å². The van der Waals surface area contributed by atoms with Gasteiger partial charge >= 0.3 is 23.9 Å². The molecule has 3 fully saturated rings. The maximum atomic E-state index is 14.7. The van der Waals surface area contributed by atoms with Crippen LogP contribution in [0.4, 0.5) is 0 Å². The third-order valence-corrected chi connectivity index (χ3v) is 15.8. The number of carboxylic acids is 1. The Hall–Kier alpha value is -4.29. The lowest BCUT2D eigenvalue weighted by atomic mass is 9.55. The van der Waals surface area contributed by atoms with E-state index in [1.54, 1.807) is 45.9 Å². The molecule has 1 aromatic rings. The second-order valence-electron chi connectivity index (χ2n) is 19.5. The normalized spacial score (nSPS) is 40.5. The third kappa shape index (κ3) is 9.19. The molecule has 0 amide bonds. The summed E-state index contributed by atoms with van der Waals surface area (Å²) >= 11 is 6.27. The number of carbonyl (C=O) groups is 4. The van der Waals surface area contributed by atoms with Crippen LogP contribution in [0.15, 0.2) is 59.6 Å². The molecular formula is C50H63ClO16. The number of halogens is 1. The number of aliphatic hydroxyl groups is 3. The van der Waals surface area contributed by atoms with Crippen molar-refractivity contribution in [2.45, 2.75) is 160 Å². The van der Waals surface area contributed by atoms with Crippen molar-refractivity contribution in [3.63, 3.8) is 0 Å². The van der Waals surface area contributed by atoms with Crippen molar-refractivity contribution < 1.29 is 77.5 Å². The monoisotopic (exact) mass is 954 g/mol. The Kier molecular flexibility index (Phi) is 14.4. The molecule has 0 aromatic heterocycles. The van der Waals surface area contributed by atoms with Gasteiger partial charge in [-0.1, -0.05) is 61.7 Å². The molecule has 1 aromatic carbocycles. The van der Waals surface area contributed by atoms with Gasteiger partial charge in [-0.15, -0.1) is 0 Å². The zero-order valence-corrected chi connectivity index (χ0v) is 39.5. The zero-order valence-electron chi connectivity index (χ0n) is 38.8. The molecule has 4 heterocycles. The quantitative estimate of drug-likeness (QED) is 0.117. The van der Waals surface area contributed by atoms with Crippen LogP contribution in [-0.2, 0) is 47.5 Å². The van der Waals surface area contributed by atoms with Gasteiger partial charge in [0.2, 0.25) is 0 Å². The van der Waals surface area contributed by atoms with Crippen molar-refractivity contribution in [1.29, 1.82) is 0 Å².